The number of aromatic nitrogens is 2. The van der Waals surface area contributed by atoms with Gasteiger partial charge >= 0.3 is 5.97 Å². The van der Waals surface area contributed by atoms with E-state index in [9.17, 15) is 13.2 Å². The van der Waals surface area contributed by atoms with Crippen molar-refractivity contribution in [2.45, 2.75) is 44.7 Å². The fourth-order valence-corrected chi connectivity index (χ4v) is 4.64. The molecule has 0 radical (unpaired) electrons. The zero-order chi connectivity index (χ0) is 21.9. The second kappa shape index (κ2) is 8.97. The molecule has 0 bridgehead atoms. The summed E-state index contributed by atoms with van der Waals surface area (Å²) in [5.74, 6) is 0.111. The van der Waals surface area contributed by atoms with Crippen LogP contribution in [0.3, 0.4) is 0 Å². The molecule has 0 spiro atoms. The first-order chi connectivity index (χ1) is 14.3. The Morgan fingerprint density at radius 2 is 1.83 bits per heavy atom. The number of hydrogen-bond donors (Lipinski definition) is 1. The van der Waals surface area contributed by atoms with E-state index < -0.39 is 22.0 Å². The Kier molecular flexibility index (Phi) is 6.58. The van der Waals surface area contributed by atoms with Gasteiger partial charge < -0.3 is 9.30 Å². The van der Waals surface area contributed by atoms with Crippen molar-refractivity contribution in [3.05, 3.63) is 59.9 Å². The van der Waals surface area contributed by atoms with Gasteiger partial charge in [-0.2, -0.15) is 4.72 Å². The monoisotopic (exact) mass is 429 g/mol. The summed E-state index contributed by atoms with van der Waals surface area (Å²) < 4.78 is 35.0. The van der Waals surface area contributed by atoms with Crippen LogP contribution in [-0.4, -0.2) is 37.1 Å². The van der Waals surface area contributed by atoms with Crippen LogP contribution in [0.4, 0.5) is 0 Å². The molecular weight excluding hydrogens is 402 g/mol. The third kappa shape index (κ3) is 4.55. The summed E-state index contributed by atoms with van der Waals surface area (Å²) in [6.07, 6.45) is 0.638. The summed E-state index contributed by atoms with van der Waals surface area (Å²) in [6, 6.07) is 13.6. The molecule has 1 heterocycles. The highest BCUT2D eigenvalue weighted by molar-refractivity contribution is 7.89. The molecule has 0 saturated heterocycles. The van der Waals surface area contributed by atoms with Crippen LogP contribution in [0, 0.1) is 12.8 Å². The Morgan fingerprint density at radius 1 is 1.17 bits per heavy atom. The summed E-state index contributed by atoms with van der Waals surface area (Å²) in [7, 11) is -2.61. The number of methoxy groups -OCH3 is 1. The number of nitrogens with zero attached hydrogens (tertiary/aromatic N) is 2. The number of ether oxygens (including phenoxy) is 1. The normalized spacial score (nSPS) is 13.9. The molecule has 30 heavy (non-hydrogen) atoms. The van der Waals surface area contributed by atoms with E-state index in [-0.39, 0.29) is 10.8 Å². The number of aryl methyl sites for hydroxylation is 1. The number of imidazole rings is 1. The lowest BCUT2D eigenvalue weighted by Gasteiger charge is -2.21. The second-order valence-corrected chi connectivity index (χ2v) is 9.10. The maximum Gasteiger partial charge on any atom is 0.324 e. The van der Waals surface area contributed by atoms with Gasteiger partial charge in [0.05, 0.1) is 23.0 Å². The number of hydrogen-bond acceptors (Lipinski definition) is 5. The van der Waals surface area contributed by atoms with Crippen molar-refractivity contribution >= 4 is 27.0 Å². The molecule has 7 nitrogen and oxygen atoms in total. The zero-order valence-corrected chi connectivity index (χ0v) is 18.4. The van der Waals surface area contributed by atoms with Crippen molar-refractivity contribution in [3.63, 3.8) is 0 Å². The van der Waals surface area contributed by atoms with Crippen molar-refractivity contribution in [3.8, 4) is 0 Å². The van der Waals surface area contributed by atoms with E-state index in [1.165, 1.54) is 7.11 Å². The Labute approximate surface area is 177 Å². The summed E-state index contributed by atoms with van der Waals surface area (Å²) in [5, 5.41) is 0. The Morgan fingerprint density at radius 3 is 2.47 bits per heavy atom. The molecule has 0 amide bonds. The van der Waals surface area contributed by atoms with E-state index in [0.717, 1.165) is 22.4 Å². The third-order valence-electron chi connectivity index (χ3n) is 5.37. The van der Waals surface area contributed by atoms with Crippen LogP contribution in [0.1, 0.15) is 31.7 Å². The number of benzene rings is 2. The second-order valence-electron chi connectivity index (χ2n) is 7.39. The van der Waals surface area contributed by atoms with Crippen molar-refractivity contribution in [1.29, 1.82) is 0 Å². The molecule has 1 N–H and O–H groups in total. The first-order valence-corrected chi connectivity index (χ1v) is 11.4. The lowest BCUT2D eigenvalue weighted by Crippen LogP contribution is -2.45. The Hall–Kier alpha value is -2.71. The van der Waals surface area contributed by atoms with Crippen molar-refractivity contribution < 1.29 is 17.9 Å². The van der Waals surface area contributed by atoms with Crippen molar-refractivity contribution in [2.75, 3.05) is 7.11 Å². The summed E-state index contributed by atoms with van der Waals surface area (Å²) in [5.41, 5.74) is 2.91. The van der Waals surface area contributed by atoms with Gasteiger partial charge in [0.25, 0.3) is 0 Å². The fourth-order valence-electron chi connectivity index (χ4n) is 3.35. The molecule has 1 aromatic heterocycles. The minimum atomic E-state index is -3.86. The Balaban J connectivity index is 1.82. The third-order valence-corrected chi connectivity index (χ3v) is 6.83. The molecular formula is C22H27N3O4S. The van der Waals surface area contributed by atoms with Gasteiger partial charge in [-0.15, -0.1) is 0 Å². The number of fused-ring (bicyclic) bond motifs is 1. The number of sulfonamides is 1. The molecule has 0 aliphatic heterocycles. The molecule has 0 aliphatic carbocycles. The molecule has 0 unspecified atom stereocenters. The van der Waals surface area contributed by atoms with Crippen molar-refractivity contribution in [1.82, 2.24) is 14.3 Å². The fraction of sp³-hybridized carbons (Fsp3) is 0.364. The minimum Gasteiger partial charge on any atom is -0.468 e. The predicted molar refractivity (Wildman–Crippen MR) is 116 cm³/mol. The van der Waals surface area contributed by atoms with Crippen LogP contribution in [-0.2, 0) is 26.1 Å². The van der Waals surface area contributed by atoms with Crippen molar-refractivity contribution in [2.24, 2.45) is 5.92 Å². The maximum absolute atomic E-state index is 12.8. The average molecular weight is 430 g/mol. The van der Waals surface area contributed by atoms with Crippen LogP contribution >= 0.6 is 0 Å². The SMILES string of the molecule is CC[C@H](C)[C@H](NS(=O)(=O)c1ccc(Cn2c(C)nc3ccccc32)cc1)C(=O)OC. The highest BCUT2D eigenvalue weighted by Crippen LogP contribution is 2.19. The van der Waals surface area contributed by atoms with Gasteiger partial charge in [0.2, 0.25) is 10.0 Å². The maximum atomic E-state index is 12.8. The van der Waals surface area contributed by atoms with Gasteiger partial charge in [0.1, 0.15) is 11.9 Å². The number of carbonyl (C=O) groups is 1. The van der Waals surface area contributed by atoms with E-state index in [1.807, 2.05) is 45.0 Å². The number of carbonyl (C=O) groups excluding carboxylic acids is 1. The van der Waals surface area contributed by atoms with E-state index in [2.05, 4.69) is 14.3 Å². The number of rotatable bonds is 8. The molecule has 160 valence electrons. The van der Waals surface area contributed by atoms with Gasteiger partial charge in [0.15, 0.2) is 0 Å². The topological polar surface area (TPSA) is 90.3 Å². The molecule has 8 heteroatoms. The zero-order valence-electron chi connectivity index (χ0n) is 17.6. The molecule has 0 aliphatic rings. The van der Waals surface area contributed by atoms with Gasteiger partial charge in [-0.1, -0.05) is 44.5 Å². The molecule has 3 aromatic rings. The lowest BCUT2D eigenvalue weighted by molar-refractivity contribution is -0.143. The average Bonchev–Trinajstić information content (AvgIpc) is 3.06. The van der Waals surface area contributed by atoms with E-state index in [0.29, 0.717) is 13.0 Å². The highest BCUT2D eigenvalue weighted by Gasteiger charge is 2.30. The summed E-state index contributed by atoms with van der Waals surface area (Å²) in [6.45, 7) is 6.23. The van der Waals surface area contributed by atoms with Crippen LogP contribution in [0.25, 0.3) is 11.0 Å². The molecule has 0 fully saturated rings. The minimum absolute atomic E-state index is 0.107. The Bertz CT molecular complexity index is 1140. The quantitative estimate of drug-likeness (QED) is 0.555. The van der Waals surface area contributed by atoms with Crippen LogP contribution in [0.2, 0.25) is 0 Å². The van der Waals surface area contributed by atoms with Gasteiger partial charge in [-0.3, -0.25) is 4.79 Å². The summed E-state index contributed by atoms with van der Waals surface area (Å²) >= 11 is 0. The molecule has 2 aromatic carbocycles. The smallest absolute Gasteiger partial charge is 0.324 e. The molecule has 2 atom stereocenters. The largest absolute Gasteiger partial charge is 0.468 e. The van der Waals surface area contributed by atoms with Gasteiger partial charge in [-0.05, 0) is 42.7 Å². The highest BCUT2D eigenvalue weighted by atomic mass is 32.2. The van der Waals surface area contributed by atoms with Crippen LogP contribution < -0.4 is 4.72 Å². The molecule has 0 saturated carbocycles. The lowest BCUT2D eigenvalue weighted by atomic mass is 10.0. The van der Waals surface area contributed by atoms with E-state index in [4.69, 9.17) is 4.74 Å². The number of para-hydroxylation sites is 2. The molecule has 3 rings (SSSR count). The first-order valence-electron chi connectivity index (χ1n) is 9.87. The van der Waals surface area contributed by atoms with E-state index >= 15 is 0 Å². The van der Waals surface area contributed by atoms with Gasteiger partial charge in [0, 0.05) is 6.54 Å². The van der Waals surface area contributed by atoms with Crippen LogP contribution in [0.5, 0.6) is 0 Å². The van der Waals surface area contributed by atoms with Gasteiger partial charge in [-0.25, -0.2) is 13.4 Å². The first kappa shape index (κ1) is 22.0. The standard InChI is InChI=1S/C22H27N3O4S/c1-5-15(2)21(22(26)29-4)24-30(27,28)18-12-10-17(11-13-18)14-25-16(3)23-19-8-6-7-9-20(19)25/h6-13,15,21,24H,5,14H2,1-4H3/t15-,21-/m0/s1. The predicted octanol–water partition coefficient (Wildman–Crippen LogP) is 3.26. The van der Waals surface area contributed by atoms with E-state index in [1.54, 1.807) is 24.3 Å². The number of esters is 1. The number of nitrogens with one attached hydrogen (secondary N) is 1. The summed E-state index contributed by atoms with van der Waals surface area (Å²) in [4.78, 5) is 16.7. The van der Waals surface area contributed by atoms with Crippen LogP contribution in [0.15, 0.2) is 53.4 Å².